The summed E-state index contributed by atoms with van der Waals surface area (Å²) in [4.78, 5) is 9.72. The lowest BCUT2D eigenvalue weighted by molar-refractivity contribution is 0.607. The van der Waals surface area contributed by atoms with Gasteiger partial charge in [0.05, 0.1) is 22.8 Å². The lowest BCUT2D eigenvalue weighted by atomic mass is 10.1. The van der Waals surface area contributed by atoms with Crippen LogP contribution in [0.25, 0.3) is 0 Å². The van der Waals surface area contributed by atoms with Crippen molar-refractivity contribution in [1.29, 1.82) is 0 Å². The summed E-state index contributed by atoms with van der Waals surface area (Å²) in [7, 11) is 0. The van der Waals surface area contributed by atoms with E-state index in [2.05, 4.69) is 71.4 Å². The van der Waals surface area contributed by atoms with E-state index >= 15 is 0 Å². The summed E-state index contributed by atoms with van der Waals surface area (Å²) in [5, 5.41) is 7.20. The van der Waals surface area contributed by atoms with Gasteiger partial charge in [0.25, 0.3) is 0 Å². The molecule has 3 rings (SSSR count). The number of rotatable bonds is 0. The molecule has 0 amide bonds. The van der Waals surface area contributed by atoms with Crippen molar-refractivity contribution in [3.8, 4) is 0 Å². The van der Waals surface area contributed by atoms with Gasteiger partial charge in [0.15, 0.2) is 0 Å². The Hall–Kier alpha value is -2.62. The topological polar surface area (TPSA) is 48.8 Å². The third-order valence-electron chi connectivity index (χ3n) is 5.40. The summed E-state index contributed by atoms with van der Waals surface area (Å²) >= 11 is 0. The fraction of sp³-hybridized carbons (Fsp3) is 0.462. The van der Waals surface area contributed by atoms with E-state index in [1.54, 1.807) is 0 Å². The van der Waals surface area contributed by atoms with E-state index < -0.39 is 0 Å². The lowest BCUT2D eigenvalue weighted by Crippen LogP contribution is -2.21. The first-order chi connectivity index (χ1) is 14.9. The monoisotopic (exact) mass is 404 g/mol. The molecule has 2 aliphatic carbocycles. The second-order valence-electron chi connectivity index (χ2n) is 7.86. The largest absolute Gasteiger partial charge is 0.383 e. The molecule has 0 radical (unpaired) electrons. The van der Waals surface area contributed by atoms with Gasteiger partial charge in [-0.3, -0.25) is 9.98 Å². The fourth-order valence-electron chi connectivity index (χ4n) is 3.68. The van der Waals surface area contributed by atoms with E-state index in [9.17, 15) is 0 Å². The Morgan fingerprint density at radius 1 is 0.500 bits per heavy atom. The third-order valence-corrected chi connectivity index (χ3v) is 5.40. The number of nitrogens with one attached hydrogen (secondary N) is 2. The molecule has 0 saturated heterocycles. The predicted octanol–water partition coefficient (Wildman–Crippen LogP) is 5.20. The van der Waals surface area contributed by atoms with Crippen molar-refractivity contribution in [2.24, 2.45) is 9.98 Å². The Kier molecular flexibility index (Phi) is 9.99. The van der Waals surface area contributed by atoms with Gasteiger partial charge < -0.3 is 10.6 Å². The summed E-state index contributed by atoms with van der Waals surface area (Å²) in [6.45, 7) is 3.77. The van der Waals surface area contributed by atoms with Crippen LogP contribution >= 0.6 is 0 Å². The molecule has 0 bridgehead atoms. The molecular formula is C26H36N4. The zero-order valence-electron chi connectivity index (χ0n) is 18.2. The second-order valence-corrected chi connectivity index (χ2v) is 7.86. The standard InChI is InChI=1S/C26H36N4/c1-2-12-20-28-25-17-9-6-10-18-26(25)30-22-14-4-3-13-21-29-24-16-8-5-7-15-23(24)27-19-11-1/h5-10,15-18,27-28H,1-4,11-14,19-22H2. The Morgan fingerprint density at radius 3 is 1.47 bits per heavy atom. The molecular weight excluding hydrogens is 368 g/mol. The minimum atomic E-state index is 0.887. The van der Waals surface area contributed by atoms with Crippen LogP contribution < -0.4 is 10.6 Å². The van der Waals surface area contributed by atoms with Crippen molar-refractivity contribution >= 4 is 11.4 Å². The van der Waals surface area contributed by atoms with Gasteiger partial charge in [0.2, 0.25) is 0 Å². The van der Waals surface area contributed by atoms with Gasteiger partial charge in [0, 0.05) is 26.2 Å². The quantitative estimate of drug-likeness (QED) is 0.583. The fourth-order valence-corrected chi connectivity index (χ4v) is 3.68. The minimum Gasteiger partial charge on any atom is -0.383 e. The van der Waals surface area contributed by atoms with E-state index in [1.807, 2.05) is 0 Å². The molecule has 30 heavy (non-hydrogen) atoms. The van der Waals surface area contributed by atoms with Crippen molar-refractivity contribution in [2.45, 2.75) is 51.4 Å². The van der Waals surface area contributed by atoms with Crippen LogP contribution in [0.5, 0.6) is 0 Å². The Morgan fingerprint density at radius 2 is 0.967 bits per heavy atom. The van der Waals surface area contributed by atoms with Gasteiger partial charge in [0.1, 0.15) is 0 Å². The van der Waals surface area contributed by atoms with Crippen LogP contribution in [0, 0.1) is 0 Å². The number of nitrogens with zero attached hydrogens (tertiary/aromatic N) is 2. The highest BCUT2D eigenvalue weighted by atomic mass is 14.9. The van der Waals surface area contributed by atoms with Crippen LogP contribution in [0.4, 0.5) is 0 Å². The summed E-state index contributed by atoms with van der Waals surface area (Å²) in [6, 6.07) is 0. The first-order valence-corrected chi connectivity index (χ1v) is 11.6. The van der Waals surface area contributed by atoms with Crippen molar-refractivity contribution in [3.05, 3.63) is 72.2 Å². The zero-order valence-corrected chi connectivity index (χ0v) is 18.2. The number of fused-ring (bicyclic) bond motifs is 2. The Balaban J connectivity index is 1.58. The van der Waals surface area contributed by atoms with Crippen LogP contribution in [0.1, 0.15) is 51.4 Å². The van der Waals surface area contributed by atoms with Crippen molar-refractivity contribution in [2.75, 3.05) is 26.2 Å². The highest BCUT2D eigenvalue weighted by Gasteiger charge is 2.06. The van der Waals surface area contributed by atoms with E-state index in [4.69, 9.17) is 9.98 Å². The molecule has 160 valence electrons. The lowest BCUT2D eigenvalue weighted by Gasteiger charge is -2.12. The summed E-state index contributed by atoms with van der Waals surface area (Å²) in [6.07, 6.45) is 30.5. The molecule has 1 aliphatic heterocycles. The van der Waals surface area contributed by atoms with Crippen LogP contribution in [-0.4, -0.2) is 37.6 Å². The van der Waals surface area contributed by atoms with Crippen molar-refractivity contribution in [3.63, 3.8) is 0 Å². The molecule has 0 spiro atoms. The number of hydrogen-bond donors (Lipinski definition) is 2. The van der Waals surface area contributed by atoms with E-state index in [0.717, 1.165) is 61.8 Å². The molecule has 4 nitrogen and oxygen atoms in total. The molecule has 0 unspecified atom stereocenters. The Labute approximate surface area is 182 Å². The van der Waals surface area contributed by atoms with Crippen LogP contribution in [-0.2, 0) is 0 Å². The highest BCUT2D eigenvalue weighted by Crippen LogP contribution is 2.09. The molecule has 0 aromatic carbocycles. The van der Waals surface area contributed by atoms with Crippen molar-refractivity contribution in [1.82, 2.24) is 10.6 Å². The molecule has 2 N–H and O–H groups in total. The van der Waals surface area contributed by atoms with Crippen LogP contribution in [0.2, 0.25) is 0 Å². The van der Waals surface area contributed by atoms with E-state index in [1.165, 1.54) is 38.5 Å². The number of allylic oxidation sites excluding steroid dienone is 10. The first kappa shape index (κ1) is 22.1. The van der Waals surface area contributed by atoms with Crippen molar-refractivity contribution < 1.29 is 0 Å². The average Bonchev–Trinajstić information content (AvgIpc) is 3.12. The maximum Gasteiger partial charge on any atom is 0.0805 e. The van der Waals surface area contributed by atoms with Gasteiger partial charge >= 0.3 is 0 Å². The number of aliphatic imine (C=N–C) groups is 2. The maximum atomic E-state index is 4.86. The molecule has 0 aromatic rings. The van der Waals surface area contributed by atoms with E-state index in [0.29, 0.717) is 0 Å². The van der Waals surface area contributed by atoms with Gasteiger partial charge in [-0.1, -0.05) is 62.1 Å². The molecule has 0 fully saturated rings. The molecule has 0 aromatic heterocycles. The smallest absolute Gasteiger partial charge is 0.0805 e. The summed E-state index contributed by atoms with van der Waals surface area (Å²) < 4.78 is 0. The predicted molar refractivity (Wildman–Crippen MR) is 130 cm³/mol. The first-order valence-electron chi connectivity index (χ1n) is 11.6. The maximum absolute atomic E-state index is 4.86. The number of hydrogen-bond acceptors (Lipinski definition) is 4. The Bertz CT molecular complexity index is 709. The average molecular weight is 405 g/mol. The summed E-state index contributed by atoms with van der Waals surface area (Å²) in [5.41, 5.74) is 4.47. The normalized spacial score (nSPS) is 21.9. The third kappa shape index (κ3) is 8.02. The molecule has 0 atom stereocenters. The molecule has 0 saturated carbocycles. The van der Waals surface area contributed by atoms with E-state index in [-0.39, 0.29) is 0 Å². The van der Waals surface area contributed by atoms with Crippen LogP contribution in [0.15, 0.2) is 82.1 Å². The van der Waals surface area contributed by atoms with Gasteiger partial charge in [-0.25, -0.2) is 0 Å². The molecule has 1 heterocycles. The van der Waals surface area contributed by atoms with Crippen LogP contribution in [0.3, 0.4) is 0 Å². The summed E-state index contributed by atoms with van der Waals surface area (Å²) in [5.74, 6) is 0. The minimum absolute atomic E-state index is 0.887. The SMILES string of the molecule is C1=CC=C2NCCCCCCNC3=CC=CC=CC3=NCCCCCCN=C2C=C1. The highest BCUT2D eigenvalue weighted by molar-refractivity contribution is 6.09. The molecule has 3 aliphatic rings. The zero-order chi connectivity index (χ0) is 20.7. The van der Waals surface area contributed by atoms with Gasteiger partial charge in [-0.2, -0.15) is 0 Å². The van der Waals surface area contributed by atoms with Gasteiger partial charge in [-0.05, 0) is 50.0 Å². The second kappa shape index (κ2) is 13.6. The van der Waals surface area contributed by atoms with Gasteiger partial charge in [-0.15, -0.1) is 0 Å². The molecule has 4 heteroatoms.